The zero-order valence-electron chi connectivity index (χ0n) is 7.51. The third kappa shape index (κ3) is 5.92. The lowest BCUT2D eigenvalue weighted by atomic mass is 10.1. The lowest BCUT2D eigenvalue weighted by molar-refractivity contribution is -0.480. The molecule has 0 heterocycles. The number of nitro groups is 1. The summed E-state index contributed by atoms with van der Waals surface area (Å²) in [6.45, 7) is -0.128. The van der Waals surface area contributed by atoms with Gasteiger partial charge < -0.3 is 15.5 Å². The zero-order valence-corrected chi connectivity index (χ0v) is 7.51. The summed E-state index contributed by atoms with van der Waals surface area (Å²) in [6.07, 6.45) is 1.41. The van der Waals surface area contributed by atoms with Crippen molar-refractivity contribution in [3.8, 4) is 0 Å². The summed E-state index contributed by atoms with van der Waals surface area (Å²) in [5.74, 6) is -1.32. The smallest absolute Gasteiger partial charge is 0.349 e. The number of carbonyl (C=O) groups is 1. The Bertz CT molecular complexity index is 238. The SMILES string of the molecule is O=C(O)/C(CCCCC[N+](=O)[O-])=N\[O-]. The molecule has 0 aromatic rings. The summed E-state index contributed by atoms with van der Waals surface area (Å²) >= 11 is 0. The van der Waals surface area contributed by atoms with Crippen LogP contribution in [0.4, 0.5) is 0 Å². The second-order valence-corrected chi connectivity index (χ2v) is 2.71. The average Bonchev–Trinajstić information content (AvgIpc) is 2.10. The molecule has 0 aliphatic rings. The van der Waals surface area contributed by atoms with Gasteiger partial charge in [0.25, 0.3) is 0 Å². The van der Waals surface area contributed by atoms with E-state index in [4.69, 9.17) is 5.11 Å². The first-order chi connectivity index (χ1) is 6.57. The Kier molecular flexibility index (Phi) is 6.01. The maximum atomic E-state index is 10.3. The number of hydrogen-bond donors (Lipinski definition) is 1. The van der Waals surface area contributed by atoms with Crippen LogP contribution in [0.15, 0.2) is 5.16 Å². The molecule has 0 amide bonds. The van der Waals surface area contributed by atoms with Crippen LogP contribution in [0.1, 0.15) is 25.7 Å². The van der Waals surface area contributed by atoms with Crippen LogP contribution in [0.2, 0.25) is 0 Å². The van der Waals surface area contributed by atoms with Gasteiger partial charge in [-0.2, -0.15) is 0 Å². The Morgan fingerprint density at radius 1 is 1.36 bits per heavy atom. The molecule has 0 atom stereocenters. The van der Waals surface area contributed by atoms with Crippen LogP contribution in [-0.2, 0) is 4.79 Å². The fourth-order valence-electron chi connectivity index (χ4n) is 0.902. The van der Waals surface area contributed by atoms with Gasteiger partial charge in [0, 0.05) is 11.3 Å². The lowest BCUT2D eigenvalue weighted by Gasteiger charge is -2.02. The van der Waals surface area contributed by atoms with Crippen LogP contribution in [0.25, 0.3) is 0 Å². The van der Waals surface area contributed by atoms with Crippen LogP contribution < -0.4 is 0 Å². The third-order valence-electron chi connectivity index (χ3n) is 1.61. The number of unbranched alkanes of at least 4 members (excludes halogenated alkanes) is 2. The summed E-state index contributed by atoms with van der Waals surface area (Å²) in [5, 5.41) is 30.6. The highest BCUT2D eigenvalue weighted by Crippen LogP contribution is 2.02. The number of carboxylic acids is 1. The molecule has 0 aromatic heterocycles. The number of aliphatic carboxylic acids is 1. The van der Waals surface area contributed by atoms with E-state index in [9.17, 15) is 20.1 Å². The van der Waals surface area contributed by atoms with Crippen molar-refractivity contribution in [2.75, 3.05) is 6.54 Å². The molecule has 0 saturated heterocycles. The highest BCUT2D eigenvalue weighted by molar-refractivity contribution is 6.35. The van der Waals surface area contributed by atoms with E-state index in [0.29, 0.717) is 19.3 Å². The topological polar surface area (TPSA) is 116 Å². The van der Waals surface area contributed by atoms with Gasteiger partial charge in [-0.15, -0.1) is 0 Å². The number of rotatable bonds is 7. The molecule has 0 bridgehead atoms. The van der Waals surface area contributed by atoms with Crippen LogP contribution in [0.5, 0.6) is 0 Å². The molecule has 0 saturated carbocycles. The van der Waals surface area contributed by atoms with Crippen LogP contribution >= 0.6 is 0 Å². The Morgan fingerprint density at radius 3 is 2.43 bits per heavy atom. The van der Waals surface area contributed by atoms with Gasteiger partial charge in [-0.25, -0.2) is 4.79 Å². The molecule has 1 N–H and O–H groups in total. The highest BCUT2D eigenvalue weighted by atomic mass is 16.6. The molecule has 80 valence electrons. The van der Waals surface area contributed by atoms with Crippen molar-refractivity contribution in [1.29, 1.82) is 0 Å². The third-order valence-corrected chi connectivity index (χ3v) is 1.61. The molecule has 0 radical (unpaired) electrons. The molecule has 0 aliphatic carbocycles. The molecule has 7 nitrogen and oxygen atoms in total. The Balaban J connectivity index is 3.53. The Morgan fingerprint density at radius 2 is 2.00 bits per heavy atom. The van der Waals surface area contributed by atoms with Gasteiger partial charge in [-0.1, -0.05) is 0 Å². The summed E-state index contributed by atoms with van der Waals surface area (Å²) < 4.78 is 0. The van der Waals surface area contributed by atoms with Crippen molar-refractivity contribution in [3.63, 3.8) is 0 Å². The normalized spacial score (nSPS) is 11.3. The van der Waals surface area contributed by atoms with Crippen molar-refractivity contribution in [1.82, 2.24) is 0 Å². The molecule has 0 unspecified atom stereocenters. The summed E-state index contributed by atoms with van der Waals surface area (Å²) in [6, 6.07) is 0. The molecule has 0 aromatic carbocycles. The van der Waals surface area contributed by atoms with Gasteiger partial charge in [-0.05, 0) is 19.3 Å². The first-order valence-corrected chi connectivity index (χ1v) is 4.12. The average molecular weight is 203 g/mol. The van der Waals surface area contributed by atoms with E-state index in [1.807, 2.05) is 0 Å². The molecular weight excluding hydrogens is 192 g/mol. The fourth-order valence-corrected chi connectivity index (χ4v) is 0.902. The minimum Gasteiger partial charge on any atom is -0.792 e. The summed E-state index contributed by atoms with van der Waals surface area (Å²) in [7, 11) is 0. The first-order valence-electron chi connectivity index (χ1n) is 4.12. The van der Waals surface area contributed by atoms with Gasteiger partial charge in [-0.3, -0.25) is 10.1 Å². The van der Waals surface area contributed by atoms with E-state index >= 15 is 0 Å². The number of hydrogen-bond acceptors (Lipinski definition) is 5. The van der Waals surface area contributed by atoms with Gasteiger partial charge in [0.05, 0.1) is 0 Å². The van der Waals surface area contributed by atoms with Crippen molar-refractivity contribution >= 4 is 11.7 Å². The van der Waals surface area contributed by atoms with E-state index in [-0.39, 0.29) is 13.0 Å². The summed E-state index contributed by atoms with van der Waals surface area (Å²) in [4.78, 5) is 19.7. The number of carboxylic acid groups (broad SMARTS) is 1. The van der Waals surface area contributed by atoms with Crippen LogP contribution in [-0.4, -0.2) is 28.3 Å². The summed E-state index contributed by atoms with van der Waals surface area (Å²) in [5.41, 5.74) is -0.425. The largest absolute Gasteiger partial charge is 0.792 e. The van der Waals surface area contributed by atoms with Gasteiger partial charge >= 0.3 is 5.97 Å². The fraction of sp³-hybridized carbons (Fsp3) is 0.714. The molecule has 0 spiro atoms. The predicted octanol–water partition coefficient (Wildman–Crippen LogP) is 0.847. The zero-order chi connectivity index (χ0) is 11.0. The standard InChI is InChI=1S/C7H12N2O5/c10-7(11)6(8-12)4-2-1-3-5-9(13)14/h12H,1-5H2,(H,10,11)/p-1/b8-6-. The van der Waals surface area contributed by atoms with Crippen LogP contribution in [0, 0.1) is 15.3 Å². The van der Waals surface area contributed by atoms with Crippen molar-refractivity contribution in [3.05, 3.63) is 15.3 Å². The second-order valence-electron chi connectivity index (χ2n) is 2.71. The molecule has 0 aliphatic heterocycles. The minimum atomic E-state index is -1.32. The van der Waals surface area contributed by atoms with Crippen molar-refractivity contribution in [2.24, 2.45) is 5.16 Å². The second kappa shape index (κ2) is 6.81. The van der Waals surface area contributed by atoms with E-state index in [1.54, 1.807) is 0 Å². The first kappa shape index (κ1) is 12.3. The van der Waals surface area contributed by atoms with Gasteiger partial charge in [0.2, 0.25) is 6.54 Å². The van der Waals surface area contributed by atoms with E-state index in [1.165, 1.54) is 0 Å². The van der Waals surface area contributed by atoms with Gasteiger partial charge in [0.15, 0.2) is 0 Å². The predicted molar refractivity (Wildman–Crippen MR) is 48.8 cm³/mol. The highest BCUT2D eigenvalue weighted by Gasteiger charge is 2.06. The van der Waals surface area contributed by atoms with E-state index in [2.05, 4.69) is 5.16 Å². The monoisotopic (exact) mass is 203 g/mol. The quantitative estimate of drug-likeness (QED) is 0.285. The van der Waals surface area contributed by atoms with E-state index in [0.717, 1.165) is 0 Å². The van der Waals surface area contributed by atoms with E-state index < -0.39 is 16.6 Å². The number of nitrogens with zero attached hydrogens (tertiary/aromatic N) is 2. The maximum Gasteiger partial charge on any atom is 0.349 e. The minimum absolute atomic E-state index is 0.0660. The molecule has 0 rings (SSSR count). The van der Waals surface area contributed by atoms with Crippen LogP contribution in [0.3, 0.4) is 0 Å². The lowest BCUT2D eigenvalue weighted by Crippen LogP contribution is -2.12. The Labute approximate surface area is 80.2 Å². The van der Waals surface area contributed by atoms with Crippen molar-refractivity contribution in [2.45, 2.75) is 25.7 Å². The van der Waals surface area contributed by atoms with Gasteiger partial charge in [0.1, 0.15) is 5.71 Å². The Hall–Kier alpha value is -1.66. The van der Waals surface area contributed by atoms with Crippen molar-refractivity contribution < 1.29 is 14.8 Å². The molecule has 7 heteroatoms. The maximum absolute atomic E-state index is 10.3. The molecule has 14 heavy (non-hydrogen) atoms. The molecular formula is C7H11N2O5-. The molecule has 0 fully saturated rings.